The first kappa shape index (κ1) is 21.8. The van der Waals surface area contributed by atoms with E-state index in [1.807, 2.05) is 40.8 Å². The predicted molar refractivity (Wildman–Crippen MR) is 122 cm³/mol. The molecule has 0 aliphatic carbocycles. The van der Waals surface area contributed by atoms with Crippen LogP contribution in [0, 0.1) is 19.8 Å². The average Bonchev–Trinajstić information content (AvgIpc) is 2.99. The number of rotatable bonds is 9. The van der Waals surface area contributed by atoms with Gasteiger partial charge in [-0.1, -0.05) is 74.5 Å². The van der Waals surface area contributed by atoms with E-state index in [2.05, 4.69) is 62.3 Å². The third-order valence-electron chi connectivity index (χ3n) is 5.48. The maximum absolute atomic E-state index is 13.4. The fourth-order valence-corrected chi connectivity index (χ4v) is 3.78. The number of aromatic nitrogens is 2. The lowest BCUT2D eigenvalue weighted by Gasteiger charge is -2.23. The van der Waals surface area contributed by atoms with Crippen molar-refractivity contribution in [2.45, 2.75) is 53.6 Å². The van der Waals surface area contributed by atoms with Gasteiger partial charge in [-0.05, 0) is 37.3 Å². The third kappa shape index (κ3) is 5.82. The Hall–Kier alpha value is -2.88. The summed E-state index contributed by atoms with van der Waals surface area (Å²) in [6, 6.07) is 20.6. The Morgan fingerprint density at radius 2 is 1.57 bits per heavy atom. The average molecular weight is 404 g/mol. The number of amides is 1. The molecule has 0 N–H and O–H groups in total. The molecule has 0 fully saturated rings. The molecule has 0 saturated heterocycles. The number of benzene rings is 2. The zero-order valence-electron chi connectivity index (χ0n) is 18.6. The van der Waals surface area contributed by atoms with Gasteiger partial charge in [-0.2, -0.15) is 5.10 Å². The molecular formula is C26H33N3O. The van der Waals surface area contributed by atoms with Gasteiger partial charge in [0, 0.05) is 30.9 Å². The van der Waals surface area contributed by atoms with E-state index in [0.717, 1.165) is 35.5 Å². The first-order chi connectivity index (χ1) is 14.4. The molecule has 0 bridgehead atoms. The number of nitrogens with zero attached hydrogens (tertiary/aromatic N) is 3. The van der Waals surface area contributed by atoms with Gasteiger partial charge in [0.15, 0.2) is 0 Å². The summed E-state index contributed by atoms with van der Waals surface area (Å²) in [7, 11) is 0. The minimum Gasteiger partial charge on any atom is -0.338 e. The fraction of sp³-hybridized carbons (Fsp3) is 0.385. The quantitative estimate of drug-likeness (QED) is 0.506. The summed E-state index contributed by atoms with van der Waals surface area (Å²) in [5, 5.41) is 4.69. The van der Waals surface area contributed by atoms with Gasteiger partial charge in [-0.15, -0.1) is 0 Å². The van der Waals surface area contributed by atoms with Crippen molar-refractivity contribution in [1.29, 1.82) is 0 Å². The van der Waals surface area contributed by atoms with Crippen LogP contribution in [0.3, 0.4) is 0 Å². The summed E-state index contributed by atoms with van der Waals surface area (Å²) >= 11 is 0. The number of hydrogen-bond donors (Lipinski definition) is 0. The van der Waals surface area contributed by atoms with Crippen LogP contribution >= 0.6 is 0 Å². The van der Waals surface area contributed by atoms with Gasteiger partial charge in [-0.3, -0.25) is 9.48 Å². The maximum atomic E-state index is 13.4. The summed E-state index contributed by atoms with van der Waals surface area (Å²) in [6.07, 6.45) is 1.25. The van der Waals surface area contributed by atoms with Crippen molar-refractivity contribution >= 4 is 5.91 Å². The summed E-state index contributed by atoms with van der Waals surface area (Å²) in [6.45, 7) is 10.7. The van der Waals surface area contributed by atoms with Crippen molar-refractivity contribution in [3.63, 3.8) is 0 Å². The molecule has 0 saturated carbocycles. The molecule has 30 heavy (non-hydrogen) atoms. The number of carbonyl (C=O) groups is 1. The molecule has 0 aliphatic rings. The minimum absolute atomic E-state index is 0.157. The molecule has 0 atom stereocenters. The molecule has 1 aromatic heterocycles. The van der Waals surface area contributed by atoms with E-state index in [-0.39, 0.29) is 5.91 Å². The van der Waals surface area contributed by atoms with Gasteiger partial charge in [0.25, 0.3) is 0 Å². The molecule has 158 valence electrons. The monoisotopic (exact) mass is 403 g/mol. The molecule has 1 heterocycles. The summed E-state index contributed by atoms with van der Waals surface area (Å²) in [4.78, 5) is 15.4. The van der Waals surface area contributed by atoms with Gasteiger partial charge < -0.3 is 4.90 Å². The molecule has 2 aromatic carbocycles. The van der Waals surface area contributed by atoms with E-state index in [1.54, 1.807) is 0 Å². The second-order valence-corrected chi connectivity index (χ2v) is 8.44. The molecular weight excluding hydrogens is 370 g/mol. The second kappa shape index (κ2) is 10.2. The van der Waals surface area contributed by atoms with E-state index >= 15 is 0 Å². The van der Waals surface area contributed by atoms with Crippen LogP contribution in [0.5, 0.6) is 0 Å². The normalized spacial score (nSPS) is 11.1. The Morgan fingerprint density at radius 1 is 0.967 bits per heavy atom. The lowest BCUT2D eigenvalue weighted by Crippen LogP contribution is -2.34. The van der Waals surface area contributed by atoms with Crippen LogP contribution in [-0.4, -0.2) is 27.1 Å². The molecule has 1 amide bonds. The highest BCUT2D eigenvalue weighted by Crippen LogP contribution is 2.17. The molecule has 4 nitrogen and oxygen atoms in total. The maximum Gasteiger partial charge on any atom is 0.227 e. The highest BCUT2D eigenvalue weighted by Gasteiger charge is 2.20. The van der Waals surface area contributed by atoms with Crippen molar-refractivity contribution in [3.05, 3.63) is 88.7 Å². The Balaban J connectivity index is 1.76. The van der Waals surface area contributed by atoms with Gasteiger partial charge in [0.1, 0.15) is 0 Å². The van der Waals surface area contributed by atoms with Crippen LogP contribution in [0.4, 0.5) is 0 Å². The van der Waals surface area contributed by atoms with Crippen molar-refractivity contribution in [1.82, 2.24) is 14.7 Å². The SMILES string of the molecule is Cc1nn(CC(C)C)c(C)c1CC(=O)N(CCc1ccccc1)Cc1ccccc1. The van der Waals surface area contributed by atoms with E-state index < -0.39 is 0 Å². The second-order valence-electron chi connectivity index (χ2n) is 8.44. The molecule has 3 rings (SSSR count). The summed E-state index contributed by atoms with van der Waals surface area (Å²) < 4.78 is 2.05. The Bertz CT molecular complexity index is 945. The topological polar surface area (TPSA) is 38.1 Å². The van der Waals surface area contributed by atoms with Crippen molar-refractivity contribution < 1.29 is 4.79 Å². The standard InChI is InChI=1S/C26H33N3O/c1-20(2)18-29-22(4)25(21(3)27-29)17-26(30)28(19-24-13-9-6-10-14-24)16-15-23-11-7-5-8-12-23/h5-14,20H,15-19H2,1-4H3. The van der Waals surface area contributed by atoms with E-state index in [0.29, 0.717) is 25.4 Å². The van der Waals surface area contributed by atoms with Gasteiger partial charge in [0.2, 0.25) is 5.91 Å². The van der Waals surface area contributed by atoms with Crippen LogP contribution in [0.25, 0.3) is 0 Å². The molecule has 0 aliphatic heterocycles. The van der Waals surface area contributed by atoms with Gasteiger partial charge >= 0.3 is 0 Å². The largest absolute Gasteiger partial charge is 0.338 e. The van der Waals surface area contributed by atoms with Crippen molar-refractivity contribution in [2.75, 3.05) is 6.54 Å². The Morgan fingerprint density at radius 3 is 2.17 bits per heavy atom. The first-order valence-electron chi connectivity index (χ1n) is 10.8. The molecule has 3 aromatic rings. The molecule has 0 radical (unpaired) electrons. The van der Waals surface area contributed by atoms with Crippen LogP contribution < -0.4 is 0 Å². The lowest BCUT2D eigenvalue weighted by molar-refractivity contribution is -0.131. The zero-order chi connectivity index (χ0) is 21.5. The van der Waals surface area contributed by atoms with E-state index in [1.165, 1.54) is 5.56 Å². The lowest BCUT2D eigenvalue weighted by atomic mass is 10.1. The minimum atomic E-state index is 0.157. The van der Waals surface area contributed by atoms with E-state index in [4.69, 9.17) is 0 Å². The van der Waals surface area contributed by atoms with Crippen LogP contribution in [0.15, 0.2) is 60.7 Å². The molecule has 0 spiro atoms. The highest BCUT2D eigenvalue weighted by molar-refractivity contribution is 5.79. The van der Waals surface area contributed by atoms with Gasteiger partial charge in [0.05, 0.1) is 12.1 Å². The molecule has 4 heteroatoms. The Labute approximate surface area is 180 Å². The predicted octanol–water partition coefficient (Wildman–Crippen LogP) is 4.97. The van der Waals surface area contributed by atoms with Crippen molar-refractivity contribution in [2.24, 2.45) is 5.92 Å². The van der Waals surface area contributed by atoms with E-state index in [9.17, 15) is 4.79 Å². The van der Waals surface area contributed by atoms with Crippen LogP contribution in [0.2, 0.25) is 0 Å². The fourth-order valence-electron chi connectivity index (χ4n) is 3.78. The van der Waals surface area contributed by atoms with Crippen LogP contribution in [0.1, 0.15) is 41.9 Å². The number of carbonyl (C=O) groups excluding carboxylic acids is 1. The zero-order valence-corrected chi connectivity index (χ0v) is 18.6. The Kier molecular flexibility index (Phi) is 7.45. The number of aryl methyl sites for hydroxylation is 1. The summed E-state index contributed by atoms with van der Waals surface area (Å²) in [5.74, 6) is 0.678. The highest BCUT2D eigenvalue weighted by atomic mass is 16.2. The van der Waals surface area contributed by atoms with Crippen LogP contribution in [-0.2, 0) is 30.7 Å². The first-order valence-corrected chi connectivity index (χ1v) is 10.8. The number of hydrogen-bond acceptors (Lipinski definition) is 2. The smallest absolute Gasteiger partial charge is 0.227 e. The van der Waals surface area contributed by atoms with Gasteiger partial charge in [-0.25, -0.2) is 0 Å². The summed E-state index contributed by atoms with van der Waals surface area (Å²) in [5.41, 5.74) is 5.54. The third-order valence-corrected chi connectivity index (χ3v) is 5.48. The van der Waals surface area contributed by atoms with Crippen molar-refractivity contribution in [3.8, 4) is 0 Å². The molecule has 0 unspecified atom stereocenters.